The van der Waals surface area contributed by atoms with E-state index in [2.05, 4.69) is 33.0 Å². The van der Waals surface area contributed by atoms with Gasteiger partial charge in [-0.15, -0.1) is 0 Å². The summed E-state index contributed by atoms with van der Waals surface area (Å²) in [6.07, 6.45) is 0. The number of H-pyrrole nitrogens is 1. The molecule has 5 nitrogen and oxygen atoms in total. The van der Waals surface area contributed by atoms with Crippen LogP contribution in [-0.4, -0.2) is 36.1 Å². The Labute approximate surface area is 124 Å². The SMILES string of the molecule is N#Cc1ccc(CN2CCN(c3ccc(N)cc3)CC2)[nH]1. The van der Waals surface area contributed by atoms with Crippen LogP contribution in [0.25, 0.3) is 0 Å². The molecule has 0 unspecified atom stereocenters. The zero-order chi connectivity index (χ0) is 14.7. The van der Waals surface area contributed by atoms with E-state index in [9.17, 15) is 0 Å². The molecule has 2 aromatic rings. The molecule has 1 aromatic heterocycles. The lowest BCUT2D eigenvalue weighted by molar-refractivity contribution is 0.247. The summed E-state index contributed by atoms with van der Waals surface area (Å²) in [5.74, 6) is 0. The van der Waals surface area contributed by atoms with Gasteiger partial charge in [0.2, 0.25) is 0 Å². The van der Waals surface area contributed by atoms with Crippen LogP contribution in [0.15, 0.2) is 36.4 Å². The van der Waals surface area contributed by atoms with Gasteiger partial charge in [-0.05, 0) is 36.4 Å². The maximum atomic E-state index is 8.83. The van der Waals surface area contributed by atoms with Gasteiger partial charge in [-0.25, -0.2) is 0 Å². The van der Waals surface area contributed by atoms with Crippen molar-refractivity contribution in [3.05, 3.63) is 47.8 Å². The number of hydrogen-bond donors (Lipinski definition) is 2. The molecule has 0 radical (unpaired) electrons. The van der Waals surface area contributed by atoms with Crippen LogP contribution < -0.4 is 10.6 Å². The molecule has 5 heteroatoms. The van der Waals surface area contributed by atoms with E-state index < -0.39 is 0 Å². The predicted octanol–water partition coefficient (Wildman–Crippen LogP) is 1.79. The lowest BCUT2D eigenvalue weighted by atomic mass is 10.2. The second-order valence-electron chi connectivity index (χ2n) is 5.36. The summed E-state index contributed by atoms with van der Waals surface area (Å²) < 4.78 is 0. The minimum absolute atomic E-state index is 0.630. The first kappa shape index (κ1) is 13.5. The first-order valence-electron chi connectivity index (χ1n) is 7.15. The molecular formula is C16H19N5. The van der Waals surface area contributed by atoms with E-state index in [0.29, 0.717) is 5.69 Å². The van der Waals surface area contributed by atoms with Gasteiger partial charge in [0.15, 0.2) is 0 Å². The van der Waals surface area contributed by atoms with Crippen molar-refractivity contribution in [3.8, 4) is 6.07 Å². The standard InChI is InChI=1S/C16H19N5/c17-11-14-3-4-15(19-14)12-20-7-9-21(10-8-20)16-5-1-13(18)2-6-16/h1-6,19H,7-10,12,18H2. The minimum atomic E-state index is 0.630. The number of rotatable bonds is 3. The third-order valence-corrected chi connectivity index (χ3v) is 3.89. The zero-order valence-corrected chi connectivity index (χ0v) is 11.9. The van der Waals surface area contributed by atoms with E-state index in [1.54, 1.807) is 0 Å². The Balaban J connectivity index is 1.55. The van der Waals surface area contributed by atoms with Crippen LogP contribution in [0.1, 0.15) is 11.4 Å². The molecule has 1 saturated heterocycles. The quantitative estimate of drug-likeness (QED) is 0.841. The summed E-state index contributed by atoms with van der Waals surface area (Å²) in [6.45, 7) is 4.93. The lowest BCUT2D eigenvalue weighted by Gasteiger charge is -2.36. The van der Waals surface area contributed by atoms with Crippen molar-refractivity contribution in [1.29, 1.82) is 5.26 Å². The third-order valence-electron chi connectivity index (χ3n) is 3.89. The fourth-order valence-corrected chi connectivity index (χ4v) is 2.69. The van der Waals surface area contributed by atoms with Crippen LogP contribution in [0.4, 0.5) is 11.4 Å². The van der Waals surface area contributed by atoms with Crippen LogP contribution >= 0.6 is 0 Å². The van der Waals surface area contributed by atoms with Crippen molar-refractivity contribution in [3.63, 3.8) is 0 Å². The zero-order valence-electron chi connectivity index (χ0n) is 11.9. The average molecular weight is 281 g/mol. The maximum absolute atomic E-state index is 8.83. The van der Waals surface area contributed by atoms with Crippen molar-refractivity contribution in [1.82, 2.24) is 9.88 Å². The number of anilines is 2. The van der Waals surface area contributed by atoms with Crippen LogP contribution in [-0.2, 0) is 6.54 Å². The normalized spacial score (nSPS) is 15.9. The number of nitrogens with two attached hydrogens (primary N) is 1. The van der Waals surface area contributed by atoms with Crippen molar-refractivity contribution >= 4 is 11.4 Å². The van der Waals surface area contributed by atoms with Gasteiger partial charge >= 0.3 is 0 Å². The van der Waals surface area contributed by atoms with Crippen molar-refractivity contribution < 1.29 is 0 Å². The molecule has 3 rings (SSSR count). The van der Waals surface area contributed by atoms with Crippen molar-refractivity contribution in [2.75, 3.05) is 36.8 Å². The van der Waals surface area contributed by atoms with Crippen LogP contribution in [0.5, 0.6) is 0 Å². The maximum Gasteiger partial charge on any atom is 0.117 e. The first-order valence-corrected chi connectivity index (χ1v) is 7.15. The molecule has 0 saturated carbocycles. The summed E-state index contributed by atoms with van der Waals surface area (Å²) in [5, 5.41) is 8.83. The summed E-state index contributed by atoms with van der Waals surface area (Å²) in [4.78, 5) is 7.91. The molecule has 0 bridgehead atoms. The van der Waals surface area contributed by atoms with Gasteiger partial charge in [0.05, 0.1) is 0 Å². The monoisotopic (exact) mass is 281 g/mol. The van der Waals surface area contributed by atoms with Gasteiger partial charge in [-0.2, -0.15) is 5.26 Å². The molecular weight excluding hydrogens is 262 g/mol. The highest BCUT2D eigenvalue weighted by molar-refractivity contribution is 5.53. The molecule has 1 aromatic carbocycles. The molecule has 0 amide bonds. The Bertz CT molecular complexity index is 629. The van der Waals surface area contributed by atoms with Crippen LogP contribution in [0.3, 0.4) is 0 Å². The summed E-state index contributed by atoms with van der Waals surface area (Å²) in [5.41, 5.74) is 9.49. The first-order chi connectivity index (χ1) is 10.2. The predicted molar refractivity (Wildman–Crippen MR) is 83.9 cm³/mol. The number of nitriles is 1. The van der Waals surface area contributed by atoms with Gasteiger partial charge in [0.1, 0.15) is 11.8 Å². The number of nitrogens with zero attached hydrogens (tertiary/aromatic N) is 3. The highest BCUT2D eigenvalue weighted by Crippen LogP contribution is 2.18. The van der Waals surface area contributed by atoms with E-state index in [0.717, 1.165) is 44.1 Å². The summed E-state index contributed by atoms with van der Waals surface area (Å²) in [7, 11) is 0. The molecule has 21 heavy (non-hydrogen) atoms. The van der Waals surface area contributed by atoms with E-state index in [4.69, 9.17) is 11.0 Å². The fraction of sp³-hybridized carbons (Fsp3) is 0.312. The number of benzene rings is 1. The molecule has 3 N–H and O–H groups in total. The third kappa shape index (κ3) is 3.18. The molecule has 0 spiro atoms. The highest BCUT2D eigenvalue weighted by Gasteiger charge is 2.17. The second kappa shape index (κ2) is 5.90. The van der Waals surface area contributed by atoms with E-state index in [1.165, 1.54) is 5.69 Å². The molecule has 2 heterocycles. The fourth-order valence-electron chi connectivity index (χ4n) is 2.69. The average Bonchev–Trinajstić information content (AvgIpc) is 2.97. The van der Waals surface area contributed by atoms with Crippen LogP contribution in [0, 0.1) is 11.3 Å². The topological polar surface area (TPSA) is 72.1 Å². The van der Waals surface area contributed by atoms with E-state index >= 15 is 0 Å². The van der Waals surface area contributed by atoms with E-state index in [1.807, 2.05) is 24.3 Å². The van der Waals surface area contributed by atoms with Gasteiger partial charge in [0.25, 0.3) is 0 Å². The number of aromatic amines is 1. The molecule has 1 aliphatic rings. The molecule has 0 atom stereocenters. The number of hydrogen-bond acceptors (Lipinski definition) is 4. The molecule has 1 aliphatic heterocycles. The lowest BCUT2D eigenvalue weighted by Crippen LogP contribution is -2.46. The molecule has 0 aliphatic carbocycles. The smallest absolute Gasteiger partial charge is 0.117 e. The number of nitrogen functional groups attached to an aromatic ring is 1. The van der Waals surface area contributed by atoms with Crippen LogP contribution in [0.2, 0.25) is 0 Å². The van der Waals surface area contributed by atoms with Gasteiger partial charge in [-0.3, -0.25) is 4.90 Å². The molecule has 1 fully saturated rings. The van der Waals surface area contributed by atoms with Gasteiger partial charge in [-0.1, -0.05) is 0 Å². The van der Waals surface area contributed by atoms with Gasteiger partial charge in [0, 0.05) is 49.8 Å². The Morgan fingerprint density at radius 3 is 2.38 bits per heavy atom. The highest BCUT2D eigenvalue weighted by atomic mass is 15.3. The molecule has 108 valence electrons. The Morgan fingerprint density at radius 2 is 1.76 bits per heavy atom. The van der Waals surface area contributed by atoms with Crippen molar-refractivity contribution in [2.24, 2.45) is 0 Å². The summed E-state index contributed by atoms with van der Waals surface area (Å²) >= 11 is 0. The number of nitrogens with one attached hydrogen (secondary N) is 1. The Morgan fingerprint density at radius 1 is 1.05 bits per heavy atom. The number of aromatic nitrogens is 1. The van der Waals surface area contributed by atoms with Crippen molar-refractivity contribution in [2.45, 2.75) is 6.54 Å². The van der Waals surface area contributed by atoms with Gasteiger partial charge < -0.3 is 15.6 Å². The summed E-state index contributed by atoms with van der Waals surface area (Å²) in [6, 6.07) is 14.0. The van der Waals surface area contributed by atoms with E-state index in [-0.39, 0.29) is 0 Å². The Kier molecular flexibility index (Phi) is 3.80. The minimum Gasteiger partial charge on any atom is -0.399 e. The second-order valence-corrected chi connectivity index (χ2v) is 5.36. The number of piperazine rings is 1. The largest absolute Gasteiger partial charge is 0.399 e. The Hall–Kier alpha value is -2.45.